The van der Waals surface area contributed by atoms with Gasteiger partial charge >= 0.3 is 11.9 Å². The van der Waals surface area contributed by atoms with Crippen LogP contribution in [0.1, 0.15) is 134 Å². The maximum absolute atomic E-state index is 13.2. The molecule has 0 amide bonds. The zero-order valence-corrected chi connectivity index (χ0v) is 25.4. The van der Waals surface area contributed by atoms with Crippen LogP contribution < -0.4 is 0 Å². The minimum Gasteiger partial charge on any atom is -0.464 e. The molecule has 0 N–H and O–H groups in total. The maximum Gasteiger partial charge on any atom is 0.317 e. The van der Waals surface area contributed by atoms with Crippen molar-refractivity contribution in [2.75, 3.05) is 13.7 Å². The summed E-state index contributed by atoms with van der Waals surface area (Å²) in [4.78, 5) is 28.1. The summed E-state index contributed by atoms with van der Waals surface area (Å²) in [5.74, 6) is -1.08. The normalized spacial score (nSPS) is 21.5. The second kappa shape index (κ2) is 19.1. The first-order valence-electron chi connectivity index (χ1n) is 16.4. The number of ether oxygens (including phenoxy) is 2. The third-order valence-corrected chi connectivity index (χ3v) is 8.88. The molecule has 2 unspecified atom stereocenters. The molecule has 0 aliphatic carbocycles. The van der Waals surface area contributed by atoms with E-state index in [0.717, 1.165) is 44.1 Å². The molecule has 2 aliphatic heterocycles. The molecule has 40 heavy (non-hydrogen) atoms. The Morgan fingerprint density at radius 2 is 1.43 bits per heavy atom. The molecule has 2 fully saturated rings. The minimum atomic E-state index is -0.577. The largest absolute Gasteiger partial charge is 0.464 e. The molecule has 1 aromatic carbocycles. The van der Waals surface area contributed by atoms with Crippen molar-refractivity contribution in [3.8, 4) is 0 Å². The lowest BCUT2D eigenvalue weighted by atomic mass is 9.98. The van der Waals surface area contributed by atoms with Crippen molar-refractivity contribution in [2.45, 2.75) is 147 Å². The predicted molar refractivity (Wildman–Crippen MR) is 163 cm³/mol. The van der Waals surface area contributed by atoms with Gasteiger partial charge in [0.25, 0.3) is 0 Å². The van der Waals surface area contributed by atoms with Crippen LogP contribution in [0.3, 0.4) is 0 Å². The van der Waals surface area contributed by atoms with Crippen LogP contribution in [0.2, 0.25) is 0 Å². The van der Waals surface area contributed by atoms with Crippen LogP contribution >= 0.6 is 0 Å². The molecule has 0 spiro atoms. The van der Waals surface area contributed by atoms with Gasteiger partial charge in [0.1, 0.15) is 18.6 Å². The van der Waals surface area contributed by atoms with E-state index in [2.05, 4.69) is 31.0 Å². The maximum atomic E-state index is 13.2. The van der Waals surface area contributed by atoms with E-state index < -0.39 is 5.92 Å². The van der Waals surface area contributed by atoms with E-state index in [0.29, 0.717) is 18.5 Å². The molecule has 1 aromatic rings. The van der Waals surface area contributed by atoms with E-state index >= 15 is 0 Å². The summed E-state index contributed by atoms with van der Waals surface area (Å²) in [6.45, 7) is 2.31. The first kappa shape index (κ1) is 32.4. The Hall–Kier alpha value is -2.14. The van der Waals surface area contributed by atoms with E-state index in [-0.39, 0.29) is 24.6 Å². The zero-order chi connectivity index (χ0) is 28.4. The molecule has 0 radical (unpaired) electrons. The molecule has 2 saturated heterocycles. The summed E-state index contributed by atoms with van der Waals surface area (Å²) < 4.78 is 11.6. The second-order valence-electron chi connectivity index (χ2n) is 12.1. The van der Waals surface area contributed by atoms with Crippen molar-refractivity contribution in [3.63, 3.8) is 0 Å². The van der Waals surface area contributed by atoms with Crippen LogP contribution in [-0.2, 0) is 19.1 Å². The molecule has 224 valence electrons. The van der Waals surface area contributed by atoms with Gasteiger partial charge in [-0.3, -0.25) is 9.59 Å². The average molecular weight is 554 g/mol. The molecular weight excluding hydrogens is 498 g/mol. The third-order valence-electron chi connectivity index (χ3n) is 8.88. The highest BCUT2D eigenvalue weighted by Gasteiger charge is 2.40. The SMILES string of the molecule is CCCCCCCCCCC/C=C\CCCCC(=O)OCC(C(=O)OC1C[C@H]2CC[C@@H](C1)N2C)c1ccccc1. The van der Waals surface area contributed by atoms with Crippen molar-refractivity contribution in [1.29, 1.82) is 0 Å². The smallest absolute Gasteiger partial charge is 0.317 e. The lowest BCUT2D eigenvalue weighted by molar-refractivity contribution is -0.158. The van der Waals surface area contributed by atoms with Gasteiger partial charge in [-0.25, -0.2) is 0 Å². The lowest BCUT2D eigenvalue weighted by Gasteiger charge is -2.36. The molecule has 4 atom stereocenters. The number of unbranched alkanes of at least 4 members (excludes halogenated alkanes) is 11. The van der Waals surface area contributed by atoms with Crippen LogP contribution in [0, 0.1) is 0 Å². The number of nitrogens with zero attached hydrogens (tertiary/aromatic N) is 1. The second-order valence-corrected chi connectivity index (χ2v) is 12.1. The average Bonchev–Trinajstić information content (AvgIpc) is 3.15. The van der Waals surface area contributed by atoms with Crippen LogP contribution in [0.4, 0.5) is 0 Å². The summed E-state index contributed by atoms with van der Waals surface area (Å²) >= 11 is 0. The fourth-order valence-electron chi connectivity index (χ4n) is 6.28. The Kier molecular flexibility index (Phi) is 15.4. The molecule has 0 saturated carbocycles. The van der Waals surface area contributed by atoms with Crippen molar-refractivity contribution in [3.05, 3.63) is 48.0 Å². The molecule has 3 rings (SSSR count). The van der Waals surface area contributed by atoms with Crippen LogP contribution in [0.5, 0.6) is 0 Å². The number of hydrogen-bond donors (Lipinski definition) is 0. The van der Waals surface area contributed by atoms with E-state index in [1.54, 1.807) is 0 Å². The van der Waals surface area contributed by atoms with Gasteiger partial charge in [0.2, 0.25) is 0 Å². The highest BCUT2D eigenvalue weighted by atomic mass is 16.6. The van der Waals surface area contributed by atoms with E-state index in [4.69, 9.17) is 9.47 Å². The molecule has 2 aliphatic rings. The zero-order valence-electron chi connectivity index (χ0n) is 25.4. The van der Waals surface area contributed by atoms with Gasteiger partial charge in [-0.15, -0.1) is 0 Å². The molecule has 2 bridgehead atoms. The predicted octanol–water partition coefficient (Wildman–Crippen LogP) is 8.52. The first-order chi connectivity index (χ1) is 19.6. The molecule has 2 heterocycles. The van der Waals surface area contributed by atoms with E-state index in [9.17, 15) is 9.59 Å². The fraction of sp³-hybridized carbons (Fsp3) is 0.714. The number of esters is 2. The van der Waals surface area contributed by atoms with Crippen LogP contribution in [0.25, 0.3) is 0 Å². The van der Waals surface area contributed by atoms with Crippen LogP contribution in [0.15, 0.2) is 42.5 Å². The number of allylic oxidation sites excluding steroid dienone is 2. The van der Waals surface area contributed by atoms with Crippen molar-refractivity contribution >= 4 is 11.9 Å². The number of piperidine rings is 1. The molecule has 5 nitrogen and oxygen atoms in total. The summed E-state index contributed by atoms with van der Waals surface area (Å²) in [7, 11) is 2.18. The Morgan fingerprint density at radius 1 is 0.850 bits per heavy atom. The monoisotopic (exact) mass is 553 g/mol. The number of benzene rings is 1. The first-order valence-corrected chi connectivity index (χ1v) is 16.4. The highest BCUT2D eigenvalue weighted by Crippen LogP contribution is 2.36. The molecule has 0 aromatic heterocycles. The standard InChI is InChI=1S/C35H55NO4/c1-3-4-5-6-7-8-9-10-11-12-13-14-15-16-20-23-34(37)39-28-33(29-21-18-17-19-22-29)35(38)40-32-26-30-24-25-31(27-32)36(30)2/h13-14,17-19,21-22,30-33H,3-12,15-16,20,23-28H2,1-2H3/b14-13-/t30-,31+,32?,33?. The van der Waals surface area contributed by atoms with Crippen molar-refractivity contribution in [1.82, 2.24) is 4.90 Å². The Morgan fingerprint density at radius 3 is 2.05 bits per heavy atom. The Labute approximate surface area is 244 Å². The summed E-state index contributed by atoms with van der Waals surface area (Å²) in [6, 6.07) is 10.6. The number of carbonyl (C=O) groups is 2. The van der Waals surface area contributed by atoms with Crippen LogP contribution in [-0.4, -0.2) is 48.7 Å². The molecule has 5 heteroatoms. The fourth-order valence-corrected chi connectivity index (χ4v) is 6.28. The van der Waals surface area contributed by atoms with Crippen molar-refractivity contribution in [2.24, 2.45) is 0 Å². The van der Waals surface area contributed by atoms with Gasteiger partial charge < -0.3 is 14.4 Å². The van der Waals surface area contributed by atoms with Gasteiger partial charge in [0.05, 0.1) is 0 Å². The quantitative estimate of drug-likeness (QED) is 0.0920. The third kappa shape index (κ3) is 11.8. The van der Waals surface area contributed by atoms with E-state index in [1.165, 1.54) is 70.6 Å². The van der Waals surface area contributed by atoms with E-state index in [1.807, 2.05) is 30.3 Å². The summed E-state index contributed by atoms with van der Waals surface area (Å²) in [5.41, 5.74) is 0.841. The van der Waals surface area contributed by atoms with Gasteiger partial charge in [-0.05, 0) is 70.4 Å². The van der Waals surface area contributed by atoms with Gasteiger partial charge in [-0.2, -0.15) is 0 Å². The number of hydrogen-bond acceptors (Lipinski definition) is 5. The molecular formula is C35H55NO4. The summed E-state index contributed by atoms with van der Waals surface area (Å²) in [5, 5.41) is 0. The highest BCUT2D eigenvalue weighted by molar-refractivity contribution is 5.79. The number of carbonyl (C=O) groups excluding carboxylic acids is 2. The van der Waals surface area contributed by atoms with Gasteiger partial charge in [-0.1, -0.05) is 101 Å². The minimum absolute atomic E-state index is 0.0415. The lowest BCUT2D eigenvalue weighted by Crippen LogP contribution is -2.44. The number of fused-ring (bicyclic) bond motifs is 2. The summed E-state index contributed by atoms with van der Waals surface area (Å²) in [6.07, 6.45) is 25.3. The number of rotatable bonds is 20. The van der Waals surface area contributed by atoms with Gasteiger partial charge in [0, 0.05) is 18.5 Å². The van der Waals surface area contributed by atoms with Crippen molar-refractivity contribution < 1.29 is 19.1 Å². The topological polar surface area (TPSA) is 55.8 Å². The Bertz CT molecular complexity index is 855. The Balaban J connectivity index is 1.27. The van der Waals surface area contributed by atoms with Gasteiger partial charge in [0.15, 0.2) is 0 Å².